The highest BCUT2D eigenvalue weighted by Crippen LogP contribution is 2.13. The minimum absolute atomic E-state index is 0.0955. The number of nitrogens with one attached hydrogen (secondary N) is 1. The lowest BCUT2D eigenvalue weighted by Gasteiger charge is -2.08. The normalized spacial score (nSPS) is 10.5. The van der Waals surface area contributed by atoms with E-state index in [0.29, 0.717) is 21.3 Å². The van der Waals surface area contributed by atoms with Crippen LogP contribution in [0.4, 0.5) is 4.79 Å². The molecule has 0 fully saturated rings. The number of benzene rings is 1. The van der Waals surface area contributed by atoms with Gasteiger partial charge < -0.3 is 10.1 Å². The Labute approximate surface area is 140 Å². The van der Waals surface area contributed by atoms with Crippen LogP contribution in [0.3, 0.4) is 0 Å². The summed E-state index contributed by atoms with van der Waals surface area (Å²) in [5.74, 6) is -0.483. The van der Waals surface area contributed by atoms with Crippen molar-refractivity contribution in [3.8, 4) is 0 Å². The SMILES string of the molecule is COC(=O)c1ccccc1CNC(=O)n1sc2ncccc2c1=O. The first-order chi connectivity index (χ1) is 11.6. The zero-order chi connectivity index (χ0) is 17.1. The molecule has 1 aromatic carbocycles. The molecule has 1 amide bonds. The molecule has 2 aromatic heterocycles. The van der Waals surface area contributed by atoms with Crippen LogP contribution in [0.5, 0.6) is 0 Å². The molecule has 7 nitrogen and oxygen atoms in total. The maximum Gasteiger partial charge on any atom is 0.338 e. The molecular formula is C16H13N3O4S. The van der Waals surface area contributed by atoms with Gasteiger partial charge in [-0.15, -0.1) is 0 Å². The van der Waals surface area contributed by atoms with Crippen LogP contribution in [0.15, 0.2) is 47.4 Å². The standard InChI is InChI=1S/C16H13N3O4S/c1-23-15(21)11-6-3-2-5-10(11)9-18-16(22)19-14(20)12-7-4-8-17-13(12)24-19/h2-8H,9H2,1H3,(H,18,22). The minimum Gasteiger partial charge on any atom is -0.465 e. The van der Waals surface area contributed by atoms with Crippen LogP contribution in [-0.2, 0) is 11.3 Å². The predicted molar refractivity (Wildman–Crippen MR) is 89.3 cm³/mol. The summed E-state index contributed by atoms with van der Waals surface area (Å²) in [6, 6.07) is 9.49. The molecule has 3 aromatic rings. The van der Waals surface area contributed by atoms with Gasteiger partial charge in [-0.2, -0.15) is 3.96 Å². The number of rotatable bonds is 3. The monoisotopic (exact) mass is 343 g/mol. The number of amides is 1. The fourth-order valence-corrected chi connectivity index (χ4v) is 3.09. The lowest BCUT2D eigenvalue weighted by atomic mass is 10.1. The second-order valence-corrected chi connectivity index (χ2v) is 5.79. The van der Waals surface area contributed by atoms with Crippen LogP contribution in [-0.4, -0.2) is 28.1 Å². The zero-order valence-electron chi connectivity index (χ0n) is 12.7. The third-order valence-corrected chi connectivity index (χ3v) is 4.41. The molecule has 0 radical (unpaired) electrons. The van der Waals surface area contributed by atoms with Crippen molar-refractivity contribution in [3.05, 3.63) is 64.1 Å². The molecular weight excluding hydrogens is 330 g/mol. The summed E-state index contributed by atoms with van der Waals surface area (Å²) in [6.45, 7) is 0.0955. The summed E-state index contributed by atoms with van der Waals surface area (Å²) in [6.07, 6.45) is 1.56. The van der Waals surface area contributed by atoms with Crippen LogP contribution in [0.25, 0.3) is 10.2 Å². The van der Waals surface area contributed by atoms with Gasteiger partial charge in [0.2, 0.25) is 0 Å². The molecule has 0 aliphatic carbocycles. The van der Waals surface area contributed by atoms with Gasteiger partial charge in [0, 0.05) is 12.7 Å². The molecule has 0 aliphatic heterocycles. The quantitative estimate of drug-likeness (QED) is 0.735. The van der Waals surface area contributed by atoms with Crippen molar-refractivity contribution < 1.29 is 14.3 Å². The van der Waals surface area contributed by atoms with Gasteiger partial charge in [0.1, 0.15) is 4.83 Å². The lowest BCUT2D eigenvalue weighted by molar-refractivity contribution is 0.0599. The Morgan fingerprint density at radius 3 is 2.79 bits per heavy atom. The number of esters is 1. The number of aromatic nitrogens is 2. The van der Waals surface area contributed by atoms with Crippen LogP contribution in [0, 0.1) is 0 Å². The van der Waals surface area contributed by atoms with Gasteiger partial charge in [-0.3, -0.25) is 4.79 Å². The fraction of sp³-hybridized carbons (Fsp3) is 0.125. The van der Waals surface area contributed by atoms with Gasteiger partial charge in [0.15, 0.2) is 0 Å². The van der Waals surface area contributed by atoms with E-state index in [1.165, 1.54) is 7.11 Å². The number of pyridine rings is 1. The smallest absolute Gasteiger partial charge is 0.338 e. The molecule has 8 heteroatoms. The van der Waals surface area contributed by atoms with E-state index in [4.69, 9.17) is 4.74 Å². The molecule has 0 atom stereocenters. The zero-order valence-corrected chi connectivity index (χ0v) is 13.5. The first kappa shape index (κ1) is 15.9. The van der Waals surface area contributed by atoms with E-state index in [2.05, 4.69) is 10.3 Å². The van der Waals surface area contributed by atoms with E-state index >= 15 is 0 Å². The van der Waals surface area contributed by atoms with Crippen LogP contribution >= 0.6 is 11.5 Å². The molecule has 0 unspecified atom stereocenters. The van der Waals surface area contributed by atoms with Crippen LogP contribution < -0.4 is 10.9 Å². The summed E-state index contributed by atoms with van der Waals surface area (Å²) in [5.41, 5.74) is 0.553. The first-order valence-corrected chi connectivity index (χ1v) is 7.80. The molecule has 1 N–H and O–H groups in total. The lowest BCUT2D eigenvalue weighted by Crippen LogP contribution is -2.33. The molecule has 3 rings (SSSR count). The molecule has 2 heterocycles. The van der Waals surface area contributed by atoms with E-state index < -0.39 is 17.6 Å². The van der Waals surface area contributed by atoms with Gasteiger partial charge in [-0.1, -0.05) is 18.2 Å². The van der Waals surface area contributed by atoms with Gasteiger partial charge in [-0.05, 0) is 35.3 Å². The maximum absolute atomic E-state index is 12.3. The molecule has 0 spiro atoms. The molecule has 0 saturated heterocycles. The summed E-state index contributed by atoms with van der Waals surface area (Å²) in [7, 11) is 1.29. The molecule has 122 valence electrons. The maximum atomic E-state index is 12.3. The van der Waals surface area contributed by atoms with Gasteiger partial charge >= 0.3 is 12.0 Å². The Bertz CT molecular complexity index is 977. The van der Waals surface area contributed by atoms with Crippen LogP contribution in [0.1, 0.15) is 15.9 Å². The number of fused-ring (bicyclic) bond motifs is 1. The van der Waals surface area contributed by atoms with E-state index in [9.17, 15) is 14.4 Å². The van der Waals surface area contributed by atoms with E-state index in [-0.39, 0.29) is 6.54 Å². The van der Waals surface area contributed by atoms with E-state index in [1.807, 2.05) is 0 Å². The second-order valence-electron chi connectivity index (χ2n) is 4.85. The molecule has 0 aliphatic rings. The number of hydrogen-bond donors (Lipinski definition) is 1. The van der Waals surface area contributed by atoms with E-state index in [1.54, 1.807) is 42.6 Å². The highest BCUT2D eigenvalue weighted by molar-refractivity contribution is 7.14. The van der Waals surface area contributed by atoms with Crippen molar-refractivity contribution in [2.24, 2.45) is 0 Å². The number of carbonyl (C=O) groups is 2. The Morgan fingerprint density at radius 2 is 2.04 bits per heavy atom. The Hall–Kier alpha value is -3.00. The topological polar surface area (TPSA) is 90.3 Å². The van der Waals surface area contributed by atoms with Crippen molar-refractivity contribution in [3.63, 3.8) is 0 Å². The average molecular weight is 343 g/mol. The van der Waals surface area contributed by atoms with Crippen molar-refractivity contribution in [2.75, 3.05) is 7.11 Å². The molecule has 0 saturated carbocycles. The molecule has 0 bridgehead atoms. The third kappa shape index (κ3) is 2.91. The largest absolute Gasteiger partial charge is 0.465 e. The number of methoxy groups -OCH3 is 1. The first-order valence-electron chi connectivity index (χ1n) is 7.03. The number of carbonyl (C=O) groups excluding carboxylic acids is 2. The average Bonchev–Trinajstić information content (AvgIpc) is 2.96. The Balaban J connectivity index is 1.82. The van der Waals surface area contributed by atoms with Crippen molar-refractivity contribution in [2.45, 2.75) is 6.54 Å². The van der Waals surface area contributed by atoms with Crippen molar-refractivity contribution in [1.29, 1.82) is 0 Å². The highest BCUT2D eigenvalue weighted by atomic mass is 32.1. The van der Waals surface area contributed by atoms with E-state index in [0.717, 1.165) is 15.5 Å². The number of hydrogen-bond acceptors (Lipinski definition) is 6. The van der Waals surface area contributed by atoms with Crippen LogP contribution in [0.2, 0.25) is 0 Å². The fourth-order valence-electron chi connectivity index (χ4n) is 2.22. The summed E-state index contributed by atoms with van der Waals surface area (Å²) in [4.78, 5) is 40.8. The van der Waals surface area contributed by atoms with Gasteiger partial charge in [-0.25, -0.2) is 14.6 Å². The number of nitrogens with zero attached hydrogens (tertiary/aromatic N) is 2. The Morgan fingerprint density at radius 1 is 1.25 bits per heavy atom. The summed E-state index contributed by atoms with van der Waals surface area (Å²) < 4.78 is 5.73. The third-order valence-electron chi connectivity index (χ3n) is 3.40. The summed E-state index contributed by atoms with van der Waals surface area (Å²) in [5, 5.41) is 3.03. The Kier molecular flexibility index (Phi) is 4.39. The number of ether oxygens (including phenoxy) is 1. The van der Waals surface area contributed by atoms with Crippen molar-refractivity contribution >= 4 is 33.7 Å². The predicted octanol–water partition coefficient (Wildman–Crippen LogP) is 2.00. The minimum atomic E-state index is -0.567. The second kappa shape index (κ2) is 6.63. The highest BCUT2D eigenvalue weighted by Gasteiger charge is 2.16. The van der Waals surface area contributed by atoms with Gasteiger partial charge in [0.25, 0.3) is 5.56 Å². The summed E-state index contributed by atoms with van der Waals surface area (Å²) >= 11 is 0.972. The molecule has 24 heavy (non-hydrogen) atoms. The van der Waals surface area contributed by atoms with Gasteiger partial charge in [0.05, 0.1) is 18.1 Å². The van der Waals surface area contributed by atoms with Crippen molar-refractivity contribution in [1.82, 2.24) is 14.3 Å².